The first-order valence-corrected chi connectivity index (χ1v) is 9.55. The summed E-state index contributed by atoms with van der Waals surface area (Å²) < 4.78 is 23.3. The molecule has 23 heavy (non-hydrogen) atoms. The van der Waals surface area contributed by atoms with Gasteiger partial charge in [0.15, 0.2) is 9.84 Å². The van der Waals surface area contributed by atoms with Gasteiger partial charge in [0, 0.05) is 6.26 Å². The first-order chi connectivity index (χ1) is 10.7. The number of hydrogen-bond donors (Lipinski definition) is 2. The lowest BCUT2D eigenvalue weighted by Gasteiger charge is -2.35. The Morgan fingerprint density at radius 1 is 1.22 bits per heavy atom. The predicted octanol–water partition coefficient (Wildman–Crippen LogP) is 1.66. The summed E-state index contributed by atoms with van der Waals surface area (Å²) in [5, 5.41) is 2.79. The van der Waals surface area contributed by atoms with Crippen molar-refractivity contribution in [2.45, 2.75) is 42.5 Å². The predicted molar refractivity (Wildman–Crippen MR) is 87.0 cm³/mol. The number of sulfone groups is 1. The van der Waals surface area contributed by atoms with Gasteiger partial charge in [0.25, 0.3) is 5.91 Å². The van der Waals surface area contributed by atoms with Crippen LogP contribution >= 0.6 is 11.6 Å². The number of primary amides is 1. The third-order valence-electron chi connectivity index (χ3n) is 4.14. The minimum Gasteiger partial charge on any atom is -0.368 e. The van der Waals surface area contributed by atoms with E-state index >= 15 is 0 Å². The van der Waals surface area contributed by atoms with Crippen LogP contribution in [0.1, 0.15) is 42.5 Å². The van der Waals surface area contributed by atoms with E-state index < -0.39 is 27.2 Å². The fourth-order valence-electron chi connectivity index (χ4n) is 2.78. The SMILES string of the molecule is CS(=O)(=O)c1ccc(Cl)c(C(=O)NC2(C(N)=O)CCCCC2)c1. The lowest BCUT2D eigenvalue weighted by atomic mass is 9.81. The summed E-state index contributed by atoms with van der Waals surface area (Å²) in [6.07, 6.45) is 4.55. The molecule has 1 aliphatic carbocycles. The molecule has 1 saturated carbocycles. The second kappa shape index (κ2) is 6.49. The fourth-order valence-corrected chi connectivity index (χ4v) is 3.63. The van der Waals surface area contributed by atoms with E-state index in [-0.39, 0.29) is 15.5 Å². The molecule has 126 valence electrons. The van der Waals surface area contributed by atoms with Gasteiger partial charge in [-0.25, -0.2) is 8.42 Å². The maximum absolute atomic E-state index is 12.5. The Hall–Kier alpha value is -1.60. The number of rotatable bonds is 4. The van der Waals surface area contributed by atoms with Gasteiger partial charge in [-0.3, -0.25) is 9.59 Å². The summed E-state index contributed by atoms with van der Waals surface area (Å²) in [7, 11) is -3.47. The van der Waals surface area contributed by atoms with Gasteiger partial charge in [0.05, 0.1) is 15.5 Å². The van der Waals surface area contributed by atoms with Gasteiger partial charge in [-0.05, 0) is 31.0 Å². The molecule has 6 nitrogen and oxygen atoms in total. The van der Waals surface area contributed by atoms with E-state index in [4.69, 9.17) is 17.3 Å². The van der Waals surface area contributed by atoms with Crippen LogP contribution < -0.4 is 11.1 Å². The van der Waals surface area contributed by atoms with E-state index in [1.54, 1.807) is 0 Å². The van der Waals surface area contributed by atoms with Gasteiger partial charge in [-0.15, -0.1) is 0 Å². The van der Waals surface area contributed by atoms with Crippen molar-refractivity contribution in [2.75, 3.05) is 6.26 Å². The van der Waals surface area contributed by atoms with Crippen molar-refractivity contribution in [3.63, 3.8) is 0 Å². The van der Waals surface area contributed by atoms with Crippen LogP contribution in [0, 0.1) is 0 Å². The van der Waals surface area contributed by atoms with Crippen molar-refractivity contribution in [1.82, 2.24) is 5.32 Å². The monoisotopic (exact) mass is 358 g/mol. The maximum Gasteiger partial charge on any atom is 0.253 e. The van der Waals surface area contributed by atoms with Crippen LogP contribution in [0.2, 0.25) is 5.02 Å². The van der Waals surface area contributed by atoms with Crippen molar-refractivity contribution < 1.29 is 18.0 Å². The van der Waals surface area contributed by atoms with Crippen LogP contribution in [-0.2, 0) is 14.6 Å². The molecule has 2 amide bonds. The van der Waals surface area contributed by atoms with Crippen molar-refractivity contribution in [3.8, 4) is 0 Å². The number of carbonyl (C=O) groups excluding carboxylic acids is 2. The van der Waals surface area contributed by atoms with Crippen molar-refractivity contribution in [1.29, 1.82) is 0 Å². The molecule has 0 bridgehead atoms. The van der Waals surface area contributed by atoms with E-state index in [9.17, 15) is 18.0 Å². The second-order valence-electron chi connectivity index (χ2n) is 5.87. The normalized spacial score (nSPS) is 17.5. The smallest absolute Gasteiger partial charge is 0.253 e. The van der Waals surface area contributed by atoms with Gasteiger partial charge in [0.2, 0.25) is 5.91 Å². The second-order valence-corrected chi connectivity index (χ2v) is 8.30. The van der Waals surface area contributed by atoms with Crippen LogP contribution in [0.15, 0.2) is 23.1 Å². The first kappa shape index (κ1) is 17.7. The molecular weight excluding hydrogens is 340 g/mol. The molecule has 3 N–H and O–H groups in total. The minimum absolute atomic E-state index is 0.0104. The van der Waals surface area contributed by atoms with Gasteiger partial charge in [-0.2, -0.15) is 0 Å². The third kappa shape index (κ3) is 3.84. The van der Waals surface area contributed by atoms with Gasteiger partial charge in [0.1, 0.15) is 5.54 Å². The highest BCUT2D eigenvalue weighted by Crippen LogP contribution is 2.29. The average Bonchev–Trinajstić information content (AvgIpc) is 2.47. The van der Waals surface area contributed by atoms with Crippen LogP contribution in [0.5, 0.6) is 0 Å². The molecule has 1 fully saturated rings. The molecule has 0 aliphatic heterocycles. The van der Waals surface area contributed by atoms with Gasteiger partial charge in [-0.1, -0.05) is 30.9 Å². The zero-order valence-electron chi connectivity index (χ0n) is 12.8. The Morgan fingerprint density at radius 2 is 1.83 bits per heavy atom. The first-order valence-electron chi connectivity index (χ1n) is 7.28. The van der Waals surface area contributed by atoms with Crippen LogP contribution in [0.25, 0.3) is 0 Å². The van der Waals surface area contributed by atoms with Crippen molar-refractivity contribution in [3.05, 3.63) is 28.8 Å². The molecule has 0 saturated heterocycles. The number of carbonyl (C=O) groups is 2. The van der Waals surface area contributed by atoms with Gasteiger partial charge < -0.3 is 11.1 Å². The topological polar surface area (TPSA) is 106 Å². The van der Waals surface area contributed by atoms with Gasteiger partial charge >= 0.3 is 0 Å². The lowest BCUT2D eigenvalue weighted by molar-refractivity contribution is -0.125. The third-order valence-corrected chi connectivity index (χ3v) is 5.58. The van der Waals surface area contributed by atoms with Crippen molar-refractivity contribution in [2.24, 2.45) is 5.73 Å². The zero-order chi connectivity index (χ0) is 17.3. The van der Waals surface area contributed by atoms with Crippen LogP contribution in [0.4, 0.5) is 0 Å². The number of halogens is 1. The van der Waals surface area contributed by atoms with E-state index in [1.165, 1.54) is 18.2 Å². The molecular formula is C15H19ClN2O4S. The molecule has 1 aromatic carbocycles. The highest BCUT2D eigenvalue weighted by atomic mass is 35.5. The van der Waals surface area contributed by atoms with E-state index in [0.29, 0.717) is 12.8 Å². The number of hydrogen-bond acceptors (Lipinski definition) is 4. The average molecular weight is 359 g/mol. The number of amides is 2. The molecule has 0 aromatic heterocycles. The quantitative estimate of drug-likeness (QED) is 0.853. The maximum atomic E-state index is 12.5. The zero-order valence-corrected chi connectivity index (χ0v) is 14.3. The number of benzene rings is 1. The van der Waals surface area contributed by atoms with Crippen molar-refractivity contribution >= 4 is 33.3 Å². The summed E-state index contributed by atoms with van der Waals surface area (Å²) in [4.78, 5) is 24.3. The summed E-state index contributed by atoms with van der Waals surface area (Å²) in [6, 6.07) is 3.90. The molecule has 0 unspecified atom stereocenters. The standard InChI is InChI=1S/C15H19ClN2O4S/c1-23(21,22)10-5-6-12(16)11(9-10)13(19)18-15(14(17)20)7-3-2-4-8-15/h5-6,9H,2-4,7-8H2,1H3,(H2,17,20)(H,18,19). The Labute approximate surface area is 140 Å². The highest BCUT2D eigenvalue weighted by molar-refractivity contribution is 7.90. The molecule has 1 aliphatic rings. The number of nitrogens with one attached hydrogen (secondary N) is 1. The lowest BCUT2D eigenvalue weighted by Crippen LogP contribution is -2.58. The summed E-state index contributed by atoms with van der Waals surface area (Å²) in [5.41, 5.74) is 4.40. The van der Waals surface area contributed by atoms with Crippen LogP contribution in [-0.4, -0.2) is 32.0 Å². The molecule has 0 heterocycles. The Balaban J connectivity index is 2.35. The molecule has 0 atom stereocenters. The Morgan fingerprint density at radius 3 is 2.35 bits per heavy atom. The molecule has 1 aromatic rings. The van der Waals surface area contributed by atoms with E-state index in [2.05, 4.69) is 5.32 Å². The Bertz CT molecular complexity index is 740. The Kier molecular flexibility index (Phi) is 5.01. The molecule has 8 heteroatoms. The fraction of sp³-hybridized carbons (Fsp3) is 0.467. The van der Waals surface area contributed by atoms with E-state index in [0.717, 1.165) is 25.5 Å². The summed E-state index contributed by atoms with van der Waals surface area (Å²) in [5.74, 6) is -1.18. The number of nitrogens with two attached hydrogens (primary N) is 1. The minimum atomic E-state index is -3.47. The molecule has 0 spiro atoms. The highest BCUT2D eigenvalue weighted by Gasteiger charge is 2.39. The molecule has 2 rings (SSSR count). The summed E-state index contributed by atoms with van der Waals surface area (Å²) >= 11 is 6.01. The largest absolute Gasteiger partial charge is 0.368 e. The van der Waals surface area contributed by atoms with E-state index in [1.807, 2.05) is 0 Å². The summed E-state index contributed by atoms with van der Waals surface area (Å²) in [6.45, 7) is 0. The molecule has 0 radical (unpaired) electrons. The van der Waals surface area contributed by atoms with Crippen LogP contribution in [0.3, 0.4) is 0 Å².